The maximum atomic E-state index is 10.8. The van der Waals surface area contributed by atoms with Crippen molar-refractivity contribution in [3.05, 3.63) is 70.4 Å². The number of aliphatic hydroxyl groups excluding tert-OH is 1. The standard InChI is InChI=1S/C22H23N3O6/c26-10-1-11-29-19-8-6-18(7-9-19)17-4-2-16(3-5-17)14-30-20-12-24-13-21(25(27)28)23-22(24)31-15-20/h2-9,13,20,26H,1,10-12,14-15H2/t20-/m0/s1. The van der Waals surface area contributed by atoms with Crippen LogP contribution in [-0.2, 0) is 17.9 Å². The molecule has 3 aromatic rings. The number of nitro groups is 1. The molecule has 0 saturated heterocycles. The van der Waals surface area contributed by atoms with Gasteiger partial charge in [-0.2, -0.15) is 0 Å². The van der Waals surface area contributed by atoms with E-state index < -0.39 is 4.92 Å². The summed E-state index contributed by atoms with van der Waals surface area (Å²) in [6.07, 6.45) is 1.77. The van der Waals surface area contributed by atoms with E-state index in [0.29, 0.717) is 32.8 Å². The highest BCUT2D eigenvalue weighted by Gasteiger charge is 2.28. The molecule has 162 valence electrons. The SMILES string of the molecule is O=[N+]([O-])c1cn2c(n1)OC[C@@H](OCc1ccc(-c3ccc(OCCCO)cc3)cc1)C2. The first-order valence-electron chi connectivity index (χ1n) is 10.0. The summed E-state index contributed by atoms with van der Waals surface area (Å²) in [5.74, 6) is 0.555. The van der Waals surface area contributed by atoms with E-state index in [2.05, 4.69) is 4.98 Å². The van der Waals surface area contributed by atoms with Crippen molar-refractivity contribution in [2.24, 2.45) is 0 Å². The molecule has 0 unspecified atom stereocenters. The van der Waals surface area contributed by atoms with Crippen molar-refractivity contribution >= 4 is 5.82 Å². The number of imidazole rings is 1. The predicted molar refractivity (Wildman–Crippen MR) is 112 cm³/mol. The molecule has 0 radical (unpaired) electrons. The summed E-state index contributed by atoms with van der Waals surface area (Å²) in [5.41, 5.74) is 3.19. The number of fused-ring (bicyclic) bond motifs is 1. The minimum atomic E-state index is -0.538. The predicted octanol–water partition coefficient (Wildman–Crippen LogP) is 3.20. The highest BCUT2D eigenvalue weighted by molar-refractivity contribution is 5.64. The van der Waals surface area contributed by atoms with Gasteiger partial charge in [-0.25, -0.2) is 0 Å². The van der Waals surface area contributed by atoms with Crippen LogP contribution in [0.25, 0.3) is 11.1 Å². The summed E-state index contributed by atoms with van der Waals surface area (Å²) in [6, 6.07) is 16.2. The van der Waals surface area contributed by atoms with Crippen molar-refractivity contribution in [3.8, 4) is 22.9 Å². The van der Waals surface area contributed by atoms with Gasteiger partial charge in [-0.1, -0.05) is 36.4 Å². The van der Waals surface area contributed by atoms with Crippen molar-refractivity contribution in [3.63, 3.8) is 0 Å². The molecule has 1 aliphatic heterocycles. The summed E-state index contributed by atoms with van der Waals surface area (Å²) in [5, 5.41) is 19.6. The van der Waals surface area contributed by atoms with Crippen molar-refractivity contribution in [1.82, 2.24) is 9.55 Å². The first-order chi connectivity index (χ1) is 15.1. The van der Waals surface area contributed by atoms with E-state index in [4.69, 9.17) is 19.3 Å². The Morgan fingerprint density at radius 3 is 2.55 bits per heavy atom. The van der Waals surface area contributed by atoms with E-state index in [-0.39, 0.29) is 24.5 Å². The van der Waals surface area contributed by atoms with Gasteiger partial charge < -0.3 is 29.4 Å². The summed E-state index contributed by atoms with van der Waals surface area (Å²) >= 11 is 0. The Morgan fingerprint density at radius 1 is 1.16 bits per heavy atom. The monoisotopic (exact) mass is 425 g/mol. The first kappa shape index (κ1) is 20.8. The van der Waals surface area contributed by atoms with Crippen LogP contribution in [-0.4, -0.2) is 45.5 Å². The van der Waals surface area contributed by atoms with Gasteiger partial charge in [-0.05, 0) is 33.7 Å². The molecule has 9 nitrogen and oxygen atoms in total. The number of benzene rings is 2. The number of aromatic nitrogens is 2. The van der Waals surface area contributed by atoms with Gasteiger partial charge in [0.2, 0.25) is 0 Å². The van der Waals surface area contributed by atoms with E-state index in [9.17, 15) is 10.1 Å². The topological polar surface area (TPSA) is 109 Å². The maximum absolute atomic E-state index is 10.8. The summed E-state index contributed by atoms with van der Waals surface area (Å²) in [7, 11) is 0. The quantitative estimate of drug-likeness (QED) is 0.319. The molecule has 0 aliphatic carbocycles. The fourth-order valence-electron chi connectivity index (χ4n) is 3.27. The lowest BCUT2D eigenvalue weighted by atomic mass is 10.0. The molecule has 31 heavy (non-hydrogen) atoms. The molecule has 1 N–H and O–H groups in total. The van der Waals surface area contributed by atoms with Gasteiger partial charge in [0.1, 0.15) is 24.7 Å². The Balaban J connectivity index is 1.30. The van der Waals surface area contributed by atoms with Crippen LogP contribution in [0.2, 0.25) is 0 Å². The minimum absolute atomic E-state index is 0.120. The minimum Gasteiger partial charge on any atom is -0.494 e. The third-order valence-corrected chi connectivity index (χ3v) is 4.91. The number of nitrogens with zero attached hydrogens (tertiary/aromatic N) is 3. The number of ether oxygens (including phenoxy) is 3. The normalized spacial score (nSPS) is 15.2. The molecule has 1 aromatic heterocycles. The molecule has 1 atom stereocenters. The Labute approximate surface area is 179 Å². The maximum Gasteiger partial charge on any atom is 0.414 e. The van der Waals surface area contributed by atoms with Gasteiger partial charge in [0.15, 0.2) is 0 Å². The average molecular weight is 425 g/mol. The zero-order valence-electron chi connectivity index (χ0n) is 16.8. The van der Waals surface area contributed by atoms with Gasteiger partial charge >= 0.3 is 11.8 Å². The lowest BCUT2D eigenvalue weighted by molar-refractivity contribution is -0.389. The van der Waals surface area contributed by atoms with E-state index in [1.165, 1.54) is 6.20 Å². The molecule has 0 amide bonds. The lowest BCUT2D eigenvalue weighted by Gasteiger charge is -2.22. The van der Waals surface area contributed by atoms with Crippen LogP contribution in [0.1, 0.15) is 12.0 Å². The van der Waals surface area contributed by atoms with Crippen LogP contribution in [0.5, 0.6) is 11.8 Å². The van der Waals surface area contributed by atoms with E-state index in [0.717, 1.165) is 22.4 Å². The molecule has 1 aliphatic rings. The lowest BCUT2D eigenvalue weighted by Crippen LogP contribution is -2.32. The number of hydrogen-bond acceptors (Lipinski definition) is 7. The van der Waals surface area contributed by atoms with Crippen LogP contribution < -0.4 is 9.47 Å². The second-order valence-corrected chi connectivity index (χ2v) is 7.18. The third kappa shape index (κ3) is 5.19. The fourth-order valence-corrected chi connectivity index (χ4v) is 3.27. The third-order valence-electron chi connectivity index (χ3n) is 4.91. The smallest absolute Gasteiger partial charge is 0.414 e. The summed E-state index contributed by atoms with van der Waals surface area (Å²) in [6.45, 7) is 1.79. The second-order valence-electron chi connectivity index (χ2n) is 7.18. The zero-order valence-corrected chi connectivity index (χ0v) is 16.8. The van der Waals surface area contributed by atoms with Gasteiger partial charge in [0.25, 0.3) is 0 Å². The Bertz CT molecular complexity index is 1020. The van der Waals surface area contributed by atoms with Crippen molar-refractivity contribution < 1.29 is 24.2 Å². The summed E-state index contributed by atoms with van der Waals surface area (Å²) in [4.78, 5) is 14.1. The highest BCUT2D eigenvalue weighted by Crippen LogP contribution is 2.25. The Kier molecular flexibility index (Phi) is 6.44. The molecule has 0 bridgehead atoms. The molecular weight excluding hydrogens is 402 g/mol. The second kappa shape index (κ2) is 9.59. The Hall–Kier alpha value is -3.43. The molecular formula is C22H23N3O6. The first-order valence-corrected chi connectivity index (χ1v) is 10.0. The van der Waals surface area contributed by atoms with Crippen molar-refractivity contribution in [2.45, 2.75) is 25.7 Å². The van der Waals surface area contributed by atoms with Crippen LogP contribution >= 0.6 is 0 Å². The molecule has 0 spiro atoms. The zero-order chi connectivity index (χ0) is 21.6. The van der Waals surface area contributed by atoms with Crippen LogP contribution in [0.15, 0.2) is 54.7 Å². The molecule has 0 saturated carbocycles. The van der Waals surface area contributed by atoms with Gasteiger partial charge in [0.05, 0.1) is 19.8 Å². The molecule has 2 aromatic carbocycles. The van der Waals surface area contributed by atoms with Crippen molar-refractivity contribution in [2.75, 3.05) is 19.8 Å². The largest absolute Gasteiger partial charge is 0.494 e. The van der Waals surface area contributed by atoms with Crippen LogP contribution in [0.3, 0.4) is 0 Å². The van der Waals surface area contributed by atoms with Crippen LogP contribution in [0, 0.1) is 10.1 Å². The van der Waals surface area contributed by atoms with Gasteiger partial charge in [-0.15, -0.1) is 0 Å². The van der Waals surface area contributed by atoms with Crippen LogP contribution in [0.4, 0.5) is 5.82 Å². The molecule has 9 heteroatoms. The van der Waals surface area contributed by atoms with E-state index in [1.807, 2.05) is 48.5 Å². The van der Waals surface area contributed by atoms with Crippen molar-refractivity contribution in [1.29, 1.82) is 0 Å². The fraction of sp³-hybridized carbons (Fsp3) is 0.318. The van der Waals surface area contributed by atoms with Gasteiger partial charge in [0, 0.05) is 18.0 Å². The molecule has 0 fully saturated rings. The average Bonchev–Trinajstić information content (AvgIpc) is 3.23. The van der Waals surface area contributed by atoms with Gasteiger partial charge in [-0.3, -0.25) is 4.57 Å². The molecule has 4 rings (SSSR count). The van der Waals surface area contributed by atoms with E-state index >= 15 is 0 Å². The number of rotatable bonds is 9. The summed E-state index contributed by atoms with van der Waals surface area (Å²) < 4.78 is 18.6. The highest BCUT2D eigenvalue weighted by atomic mass is 16.6. The van der Waals surface area contributed by atoms with E-state index in [1.54, 1.807) is 4.57 Å². The number of aliphatic hydroxyl groups is 1. The number of hydrogen-bond donors (Lipinski definition) is 1. The Morgan fingerprint density at radius 2 is 1.87 bits per heavy atom. The molecule has 2 heterocycles.